The fourth-order valence-electron chi connectivity index (χ4n) is 1.88. The van der Waals surface area contributed by atoms with Crippen molar-refractivity contribution in [2.24, 2.45) is 4.99 Å². The fourth-order valence-corrected chi connectivity index (χ4v) is 1.88. The lowest BCUT2D eigenvalue weighted by Gasteiger charge is -2.16. The van der Waals surface area contributed by atoms with Crippen molar-refractivity contribution in [1.29, 1.82) is 5.41 Å². The second-order valence-corrected chi connectivity index (χ2v) is 4.20. The molecule has 2 heterocycles. The molecule has 1 aromatic heterocycles. The molecule has 1 aromatic rings. The Balaban J connectivity index is 2.46. The second-order valence-electron chi connectivity index (χ2n) is 4.20. The molecule has 0 aliphatic carbocycles. The largest absolute Gasteiger partial charge is 0.447 e. The van der Waals surface area contributed by atoms with Gasteiger partial charge in [-0.2, -0.15) is 0 Å². The number of nitrogen functional groups attached to an aromatic ring is 1. The Kier molecular flexibility index (Phi) is 4.79. The molecule has 116 valence electrons. The maximum atomic E-state index is 13.3. The number of allylic oxidation sites excluding steroid dienone is 2. The van der Waals surface area contributed by atoms with Gasteiger partial charge in [0, 0.05) is 7.05 Å². The quantitative estimate of drug-likeness (QED) is 0.480. The van der Waals surface area contributed by atoms with Crippen molar-refractivity contribution < 1.29 is 18.8 Å². The Labute approximate surface area is 125 Å². The number of ether oxygens (including phenoxy) is 1. The monoisotopic (exact) mass is 309 g/mol. The van der Waals surface area contributed by atoms with Crippen LogP contribution in [0.5, 0.6) is 5.75 Å². The normalized spacial score (nSPS) is 15.8. The molecule has 0 atom stereocenters. The first-order chi connectivity index (χ1) is 10.6. The highest BCUT2D eigenvalue weighted by Gasteiger charge is 2.23. The molecule has 0 saturated carbocycles. The summed E-state index contributed by atoms with van der Waals surface area (Å²) in [7, 11) is 1.46. The number of rotatable bonds is 5. The summed E-state index contributed by atoms with van der Waals surface area (Å²) in [5, 5.41) is 11.6. The molecule has 0 bridgehead atoms. The summed E-state index contributed by atoms with van der Waals surface area (Å²) in [5.74, 6) is -0.151. The van der Waals surface area contributed by atoms with Crippen LogP contribution in [0.2, 0.25) is 0 Å². The van der Waals surface area contributed by atoms with E-state index in [9.17, 15) is 8.78 Å². The predicted octanol–water partition coefficient (Wildman–Crippen LogP) is 1.00. The molecule has 0 radical (unpaired) electrons. The van der Waals surface area contributed by atoms with Crippen molar-refractivity contribution >= 4 is 23.9 Å². The topological polar surface area (TPSA) is 113 Å². The molecule has 1 aliphatic rings. The number of nitrogens with zero attached hydrogens (tertiary/aromatic N) is 2. The minimum Gasteiger partial charge on any atom is -0.447 e. The maximum absolute atomic E-state index is 13.3. The van der Waals surface area contributed by atoms with E-state index < -0.39 is 12.0 Å². The zero-order valence-electron chi connectivity index (χ0n) is 11.7. The lowest BCUT2D eigenvalue weighted by atomic mass is 10.2. The molecule has 0 saturated heterocycles. The van der Waals surface area contributed by atoms with Gasteiger partial charge in [0.2, 0.25) is 5.76 Å². The summed E-state index contributed by atoms with van der Waals surface area (Å²) in [6, 6.07) is 0. The van der Waals surface area contributed by atoms with Crippen LogP contribution in [0.15, 0.2) is 35.0 Å². The van der Waals surface area contributed by atoms with Crippen LogP contribution in [0, 0.1) is 5.41 Å². The van der Waals surface area contributed by atoms with E-state index in [2.05, 4.69) is 15.3 Å². The van der Waals surface area contributed by atoms with Crippen LogP contribution in [0.25, 0.3) is 0 Å². The van der Waals surface area contributed by atoms with Gasteiger partial charge >= 0.3 is 0 Å². The number of nitrogens with one attached hydrogen (secondary N) is 2. The van der Waals surface area contributed by atoms with Gasteiger partial charge in [0.25, 0.3) is 6.43 Å². The third-order valence-corrected chi connectivity index (χ3v) is 2.88. The summed E-state index contributed by atoms with van der Waals surface area (Å²) < 4.78 is 32.1. The maximum Gasteiger partial charge on any atom is 0.269 e. The van der Waals surface area contributed by atoms with Crippen LogP contribution in [0.1, 0.15) is 12.0 Å². The molecule has 2 rings (SSSR count). The predicted molar refractivity (Wildman–Crippen MR) is 79.1 cm³/mol. The minimum atomic E-state index is -2.82. The number of pyridine rings is 1. The van der Waals surface area contributed by atoms with E-state index in [1.165, 1.54) is 13.3 Å². The van der Waals surface area contributed by atoms with Gasteiger partial charge in [-0.05, 0) is 0 Å². The fraction of sp³-hybridized carbons (Fsp3) is 0.154. The Morgan fingerprint density at radius 3 is 2.86 bits per heavy atom. The van der Waals surface area contributed by atoms with Crippen molar-refractivity contribution in [2.45, 2.75) is 6.43 Å². The summed E-state index contributed by atoms with van der Waals surface area (Å²) in [5.41, 5.74) is 5.67. The third-order valence-electron chi connectivity index (χ3n) is 2.88. The van der Waals surface area contributed by atoms with Gasteiger partial charge in [0.05, 0.1) is 36.1 Å². The average Bonchev–Trinajstić information content (AvgIpc) is 2.53. The van der Waals surface area contributed by atoms with E-state index >= 15 is 0 Å². The number of quaternary nitrogens is 1. The van der Waals surface area contributed by atoms with Gasteiger partial charge in [-0.25, -0.2) is 13.8 Å². The second kappa shape index (κ2) is 6.76. The first kappa shape index (κ1) is 15.6. The van der Waals surface area contributed by atoms with Gasteiger partial charge < -0.3 is 21.2 Å². The van der Waals surface area contributed by atoms with Crippen molar-refractivity contribution in [3.63, 3.8) is 0 Å². The summed E-state index contributed by atoms with van der Waals surface area (Å²) in [6.45, 7) is 0. The number of halogens is 2. The van der Waals surface area contributed by atoms with E-state index in [0.29, 0.717) is 5.70 Å². The molecule has 0 aromatic carbocycles. The van der Waals surface area contributed by atoms with Crippen LogP contribution in [0.3, 0.4) is 0 Å². The van der Waals surface area contributed by atoms with E-state index in [0.717, 1.165) is 12.4 Å². The van der Waals surface area contributed by atoms with Gasteiger partial charge in [0.1, 0.15) is 12.0 Å². The number of hydrogen-bond acceptors (Lipinski definition) is 6. The van der Waals surface area contributed by atoms with Crippen LogP contribution in [0.4, 0.5) is 20.3 Å². The Morgan fingerprint density at radius 1 is 1.55 bits per heavy atom. The molecule has 7 nitrogen and oxygen atoms in total. The zero-order valence-corrected chi connectivity index (χ0v) is 11.7. The standard InChI is InChI=1S/C13H14F2N6O/c1-18-11-10(12(14)15)9(6-21-13(11)17)22-8(4-16)7-5-19-2-3-20-7/h2-6,12,16,18,20H,1H3,(H2,17,21)/p+1/b8-7+,16-4?. The molecule has 0 unspecified atom stereocenters. The molecular weight excluding hydrogens is 294 g/mol. The molecule has 0 fully saturated rings. The van der Waals surface area contributed by atoms with Gasteiger partial charge in [-0.1, -0.05) is 0 Å². The zero-order chi connectivity index (χ0) is 16.1. The van der Waals surface area contributed by atoms with Gasteiger partial charge in [0.15, 0.2) is 11.4 Å². The molecule has 0 spiro atoms. The lowest BCUT2D eigenvalue weighted by Crippen LogP contribution is -2.77. The molecule has 9 heteroatoms. The van der Waals surface area contributed by atoms with Crippen LogP contribution in [-0.2, 0) is 0 Å². The first-order valence-electron chi connectivity index (χ1n) is 6.28. The van der Waals surface area contributed by atoms with Crippen LogP contribution >= 0.6 is 0 Å². The molecule has 6 N–H and O–H groups in total. The molecular formula is C13H15F2N6O+. The highest BCUT2D eigenvalue weighted by Crippen LogP contribution is 2.38. The van der Waals surface area contributed by atoms with Crippen LogP contribution in [-0.4, -0.2) is 24.5 Å². The molecule has 0 amide bonds. The first-order valence-corrected chi connectivity index (χ1v) is 6.28. The smallest absolute Gasteiger partial charge is 0.269 e. The summed E-state index contributed by atoms with van der Waals surface area (Å²) in [4.78, 5) is 7.73. The Bertz CT molecular complexity index is 669. The van der Waals surface area contributed by atoms with E-state index in [-0.39, 0.29) is 23.0 Å². The Morgan fingerprint density at radius 2 is 2.32 bits per heavy atom. The number of aliphatic imine (C=N–C) groups is 1. The number of hydrogen-bond donors (Lipinski definition) is 4. The Hall–Kier alpha value is -2.81. The number of anilines is 2. The van der Waals surface area contributed by atoms with Crippen molar-refractivity contribution in [2.75, 3.05) is 18.1 Å². The highest BCUT2D eigenvalue weighted by molar-refractivity contribution is 5.87. The van der Waals surface area contributed by atoms with E-state index in [4.69, 9.17) is 15.9 Å². The lowest BCUT2D eigenvalue weighted by molar-refractivity contribution is -0.528. The SMILES string of the molecule is CNc1c(N)ncc(O/C(C=N)=C2\C=NC=C[NH2+]2)c1C(F)F. The van der Waals surface area contributed by atoms with Gasteiger partial charge in [-0.3, -0.25) is 10.3 Å². The van der Waals surface area contributed by atoms with Crippen LogP contribution < -0.4 is 21.1 Å². The van der Waals surface area contributed by atoms with Crippen molar-refractivity contribution in [1.82, 2.24) is 4.98 Å². The molecule has 22 heavy (non-hydrogen) atoms. The number of alkyl halides is 2. The number of aromatic nitrogens is 1. The third kappa shape index (κ3) is 3.09. The van der Waals surface area contributed by atoms with E-state index in [1.807, 2.05) is 0 Å². The minimum absolute atomic E-state index is 0.00279. The number of nitrogens with two attached hydrogens (primary N) is 2. The highest BCUT2D eigenvalue weighted by atomic mass is 19.3. The van der Waals surface area contributed by atoms with E-state index in [1.54, 1.807) is 17.7 Å². The van der Waals surface area contributed by atoms with Gasteiger partial charge in [-0.15, -0.1) is 0 Å². The molecule has 1 aliphatic heterocycles. The van der Waals surface area contributed by atoms with Crippen molar-refractivity contribution in [3.05, 3.63) is 35.6 Å². The van der Waals surface area contributed by atoms with Crippen molar-refractivity contribution in [3.8, 4) is 5.75 Å². The summed E-state index contributed by atoms with van der Waals surface area (Å²) >= 11 is 0. The summed E-state index contributed by atoms with van der Waals surface area (Å²) in [6.07, 6.45) is 3.88. The average molecular weight is 309 g/mol.